The van der Waals surface area contributed by atoms with E-state index in [2.05, 4.69) is 33.4 Å². The van der Waals surface area contributed by atoms with E-state index in [-0.39, 0.29) is 11.8 Å². The van der Waals surface area contributed by atoms with E-state index in [4.69, 9.17) is 4.74 Å². The Labute approximate surface area is 180 Å². The second-order valence-electron chi connectivity index (χ2n) is 8.06. The molecule has 2 aliphatic heterocycles. The summed E-state index contributed by atoms with van der Waals surface area (Å²) in [4.78, 5) is 19.6. The van der Waals surface area contributed by atoms with Crippen molar-refractivity contribution in [2.75, 3.05) is 25.0 Å². The van der Waals surface area contributed by atoms with Crippen LogP contribution < -0.4 is 10.1 Å². The van der Waals surface area contributed by atoms with Gasteiger partial charge in [0, 0.05) is 36.1 Å². The van der Waals surface area contributed by atoms with Crippen LogP contribution in [0, 0.1) is 5.92 Å². The van der Waals surface area contributed by atoms with Crippen molar-refractivity contribution in [3.8, 4) is 17.0 Å². The number of piperidine rings is 1. The van der Waals surface area contributed by atoms with Crippen molar-refractivity contribution in [3.63, 3.8) is 0 Å². The third kappa shape index (κ3) is 4.25. The van der Waals surface area contributed by atoms with Crippen molar-refractivity contribution >= 4 is 22.9 Å². The van der Waals surface area contributed by atoms with Gasteiger partial charge in [0.05, 0.1) is 23.7 Å². The van der Waals surface area contributed by atoms with Gasteiger partial charge in [-0.3, -0.25) is 9.69 Å². The minimum Gasteiger partial charge on any atom is -0.493 e. The lowest BCUT2D eigenvalue weighted by molar-refractivity contribution is -0.121. The molecule has 2 aliphatic rings. The first-order valence-electron chi connectivity index (χ1n) is 10.5. The van der Waals surface area contributed by atoms with Crippen LogP contribution in [0.1, 0.15) is 24.0 Å². The van der Waals surface area contributed by atoms with Crippen LogP contribution in [0.25, 0.3) is 11.3 Å². The molecular formula is C24H25N3O2S. The normalized spacial score (nSPS) is 18.6. The predicted octanol–water partition coefficient (Wildman–Crippen LogP) is 4.60. The first-order valence-corrected chi connectivity index (χ1v) is 11.5. The Kier molecular flexibility index (Phi) is 5.51. The molecule has 1 N–H and O–H groups in total. The zero-order valence-corrected chi connectivity index (χ0v) is 17.7. The number of benzene rings is 2. The molecule has 154 valence electrons. The van der Waals surface area contributed by atoms with Crippen LogP contribution in [-0.4, -0.2) is 35.5 Å². The van der Waals surface area contributed by atoms with Gasteiger partial charge in [-0.25, -0.2) is 4.98 Å². The Balaban J connectivity index is 1.19. The Morgan fingerprint density at radius 3 is 2.97 bits per heavy atom. The van der Waals surface area contributed by atoms with Crippen molar-refractivity contribution in [1.82, 2.24) is 9.88 Å². The number of carbonyl (C=O) groups excluding carboxylic acids is 1. The largest absolute Gasteiger partial charge is 0.493 e. The molecular weight excluding hydrogens is 394 g/mol. The lowest BCUT2D eigenvalue weighted by Gasteiger charge is -2.32. The van der Waals surface area contributed by atoms with E-state index in [0.717, 1.165) is 68.2 Å². The molecule has 6 heteroatoms. The zero-order valence-electron chi connectivity index (χ0n) is 16.8. The van der Waals surface area contributed by atoms with E-state index in [1.165, 1.54) is 11.1 Å². The number of likely N-dealkylation sites (tertiary alicyclic amines) is 1. The number of thiazole rings is 1. The maximum absolute atomic E-state index is 12.9. The first kappa shape index (κ1) is 19.3. The smallest absolute Gasteiger partial charge is 0.228 e. The van der Waals surface area contributed by atoms with Crippen LogP contribution in [0.4, 0.5) is 5.69 Å². The van der Waals surface area contributed by atoms with Crippen molar-refractivity contribution in [1.29, 1.82) is 0 Å². The SMILES string of the molecule is O=C(Nc1ccc(-c2cscn2)cc1)C1CCCN(Cc2ccc3c(c2)CCO3)C1. The van der Waals surface area contributed by atoms with Crippen LogP contribution in [0.2, 0.25) is 0 Å². The van der Waals surface area contributed by atoms with Crippen LogP contribution in [0.3, 0.4) is 0 Å². The fourth-order valence-corrected chi connectivity index (χ4v) is 4.89. The number of carbonyl (C=O) groups is 1. The predicted molar refractivity (Wildman–Crippen MR) is 120 cm³/mol. The van der Waals surface area contributed by atoms with Gasteiger partial charge in [-0.1, -0.05) is 24.3 Å². The number of fused-ring (bicyclic) bond motifs is 1. The van der Waals surface area contributed by atoms with E-state index < -0.39 is 0 Å². The van der Waals surface area contributed by atoms with E-state index in [1.54, 1.807) is 11.3 Å². The molecule has 1 aromatic heterocycles. The van der Waals surface area contributed by atoms with Crippen LogP contribution in [0.5, 0.6) is 5.75 Å². The number of amides is 1. The molecule has 3 heterocycles. The van der Waals surface area contributed by atoms with Gasteiger partial charge in [-0.05, 0) is 48.7 Å². The van der Waals surface area contributed by atoms with Gasteiger partial charge in [0.1, 0.15) is 5.75 Å². The van der Waals surface area contributed by atoms with Gasteiger partial charge in [0.15, 0.2) is 0 Å². The Morgan fingerprint density at radius 2 is 2.13 bits per heavy atom. The second kappa shape index (κ2) is 8.58. The molecule has 1 atom stereocenters. The van der Waals surface area contributed by atoms with Gasteiger partial charge in [-0.2, -0.15) is 0 Å². The summed E-state index contributed by atoms with van der Waals surface area (Å²) in [5.41, 5.74) is 7.32. The standard InChI is InChI=1S/C24H25N3O2S/c28-24(26-21-6-4-18(5-7-21)22-15-30-16-25-22)20-2-1-10-27(14-20)13-17-3-8-23-19(12-17)9-11-29-23/h3-8,12,15-16,20H,1-2,9-11,13-14H2,(H,26,28). The van der Waals surface area contributed by atoms with Crippen molar-refractivity contribution in [2.45, 2.75) is 25.8 Å². The van der Waals surface area contributed by atoms with E-state index in [9.17, 15) is 4.79 Å². The molecule has 30 heavy (non-hydrogen) atoms. The lowest BCUT2D eigenvalue weighted by Crippen LogP contribution is -2.40. The number of anilines is 1. The number of rotatable bonds is 5. The average Bonchev–Trinajstić information content (AvgIpc) is 3.46. The fraction of sp³-hybridized carbons (Fsp3) is 0.333. The number of hydrogen-bond acceptors (Lipinski definition) is 5. The first-order chi connectivity index (χ1) is 14.7. The van der Waals surface area contributed by atoms with Crippen LogP contribution in [-0.2, 0) is 17.8 Å². The third-order valence-corrected chi connectivity index (χ3v) is 6.50. The summed E-state index contributed by atoms with van der Waals surface area (Å²) >= 11 is 1.58. The Bertz CT molecular complexity index is 1020. The van der Waals surface area contributed by atoms with Crippen molar-refractivity contribution in [2.24, 2.45) is 5.92 Å². The molecule has 1 saturated heterocycles. The molecule has 0 radical (unpaired) electrons. The molecule has 0 bridgehead atoms. The highest BCUT2D eigenvalue weighted by Gasteiger charge is 2.26. The number of ether oxygens (including phenoxy) is 1. The van der Waals surface area contributed by atoms with Gasteiger partial charge >= 0.3 is 0 Å². The summed E-state index contributed by atoms with van der Waals surface area (Å²) in [5, 5.41) is 5.13. The highest BCUT2D eigenvalue weighted by molar-refractivity contribution is 7.07. The summed E-state index contributed by atoms with van der Waals surface area (Å²) in [6.07, 6.45) is 2.99. The molecule has 0 aliphatic carbocycles. The second-order valence-corrected chi connectivity index (χ2v) is 8.77. The van der Waals surface area contributed by atoms with Gasteiger partial charge in [0.25, 0.3) is 0 Å². The highest BCUT2D eigenvalue weighted by atomic mass is 32.1. The molecule has 3 aromatic rings. The summed E-state index contributed by atoms with van der Waals surface area (Å²) in [6, 6.07) is 14.4. The van der Waals surface area contributed by atoms with Crippen molar-refractivity contribution in [3.05, 3.63) is 64.5 Å². The Hall–Kier alpha value is -2.70. The number of hydrogen-bond donors (Lipinski definition) is 1. The average molecular weight is 420 g/mol. The lowest BCUT2D eigenvalue weighted by atomic mass is 9.96. The minimum atomic E-state index is 0.0229. The quantitative estimate of drug-likeness (QED) is 0.657. The molecule has 1 amide bonds. The number of nitrogens with zero attached hydrogens (tertiary/aromatic N) is 2. The summed E-state index contributed by atoms with van der Waals surface area (Å²) in [5.74, 6) is 1.16. The topological polar surface area (TPSA) is 54.5 Å². The van der Waals surface area contributed by atoms with E-state index in [0.29, 0.717) is 0 Å². The molecule has 0 spiro atoms. The van der Waals surface area contributed by atoms with Crippen LogP contribution >= 0.6 is 11.3 Å². The van der Waals surface area contributed by atoms with Crippen molar-refractivity contribution < 1.29 is 9.53 Å². The summed E-state index contributed by atoms with van der Waals surface area (Å²) in [7, 11) is 0. The number of aromatic nitrogens is 1. The summed E-state index contributed by atoms with van der Waals surface area (Å²) in [6.45, 7) is 3.52. The molecule has 5 nitrogen and oxygen atoms in total. The minimum absolute atomic E-state index is 0.0229. The van der Waals surface area contributed by atoms with E-state index >= 15 is 0 Å². The summed E-state index contributed by atoms with van der Waals surface area (Å²) < 4.78 is 5.61. The monoisotopic (exact) mass is 419 g/mol. The molecule has 1 unspecified atom stereocenters. The molecule has 0 saturated carbocycles. The van der Waals surface area contributed by atoms with Gasteiger partial charge in [0.2, 0.25) is 5.91 Å². The highest BCUT2D eigenvalue weighted by Crippen LogP contribution is 2.28. The van der Waals surface area contributed by atoms with Crippen LogP contribution in [0.15, 0.2) is 53.4 Å². The Morgan fingerprint density at radius 1 is 1.23 bits per heavy atom. The van der Waals surface area contributed by atoms with Gasteiger partial charge in [-0.15, -0.1) is 11.3 Å². The molecule has 1 fully saturated rings. The third-order valence-electron chi connectivity index (χ3n) is 5.92. The van der Waals surface area contributed by atoms with E-state index in [1.807, 2.05) is 35.2 Å². The fourth-order valence-electron chi connectivity index (χ4n) is 4.33. The number of nitrogens with one attached hydrogen (secondary N) is 1. The van der Waals surface area contributed by atoms with Gasteiger partial charge < -0.3 is 10.1 Å². The molecule has 2 aromatic carbocycles. The molecule has 5 rings (SSSR count). The maximum Gasteiger partial charge on any atom is 0.228 e. The maximum atomic E-state index is 12.9. The zero-order chi connectivity index (χ0) is 20.3.